The number of aromatic nitrogens is 2. The lowest BCUT2D eigenvalue weighted by Crippen LogP contribution is -2.42. The lowest BCUT2D eigenvalue weighted by molar-refractivity contribution is -0.136. The highest BCUT2D eigenvalue weighted by atomic mass is 35.5. The predicted octanol–water partition coefficient (Wildman–Crippen LogP) is 11.3. The Morgan fingerprint density at radius 3 is 1.38 bits per heavy atom. The molecule has 0 unspecified atom stereocenters. The van der Waals surface area contributed by atoms with Crippen molar-refractivity contribution in [3.05, 3.63) is 142 Å². The van der Waals surface area contributed by atoms with Crippen LogP contribution in [0, 0.1) is 23.3 Å². The standard InChI is InChI=1S/C32H38ClF2N5O6.C25H27ClF2N4O3.C7H13NO4.2H2S/c1-32(2,3)46-30(43)38-18-27(41)36-14-6-8-24(40(4)28(42)13-11-20-7-5-9-25(35)29(20)33)19-45-31(44)39-26-16-22-15-23(34)12-10-21(22)17-37-26;1-32(23(33)10-8-16-4-2-6-21(28)24(16)26)20(5-3-11-29)15-35-25(34)31-22-13-18-12-19(27)9-7-17(18)14-30-22;1-7(2,3)12-6(11)8-4-5(9)10;;/h5,7,9-10,12,15-17,24H,6,8,11,13-14,18-19H2,1-4H3,(H,36,41)(H,38,43)(H,37,39,44);2,4,6-7,9,12-14,20H,3,5,8,10-11,15,29H2,1H3,(H,30,31,34);4H2,1-3H3,(H,8,11)(H,9,10);2*1H2/t24-;20-;;;/m00.../s1. The van der Waals surface area contributed by atoms with Crippen molar-refractivity contribution in [2.75, 3.05) is 64.1 Å². The first-order valence-corrected chi connectivity index (χ1v) is 30.0. The average Bonchev–Trinajstić information content (AvgIpc) is 0.885. The minimum atomic E-state index is -1.10. The zero-order valence-corrected chi connectivity index (χ0v) is 57.3. The molecule has 4 aromatic carbocycles. The molecule has 0 aliphatic heterocycles. The Morgan fingerprint density at radius 2 is 0.979 bits per heavy atom. The van der Waals surface area contributed by atoms with Crippen LogP contribution in [0.1, 0.15) is 91.2 Å². The second kappa shape index (κ2) is 40.8. The summed E-state index contributed by atoms with van der Waals surface area (Å²) in [4.78, 5) is 107. The van der Waals surface area contributed by atoms with Gasteiger partial charge in [-0.2, -0.15) is 27.0 Å². The lowest BCUT2D eigenvalue weighted by atomic mass is 10.1. The third-order valence-corrected chi connectivity index (χ3v) is 14.0. The van der Waals surface area contributed by atoms with Gasteiger partial charge in [0.2, 0.25) is 17.7 Å². The number of halogens is 6. The molecule has 8 N–H and O–H groups in total. The number of rotatable bonds is 25. The molecule has 0 aliphatic rings. The van der Waals surface area contributed by atoms with Gasteiger partial charge in [0.15, 0.2) is 0 Å². The van der Waals surface area contributed by atoms with Gasteiger partial charge in [0, 0.05) is 56.6 Å². The summed E-state index contributed by atoms with van der Waals surface area (Å²) in [5, 5.41) is 22.8. The fraction of sp³-hybridized carbons (Fsp3) is 0.406. The quantitative estimate of drug-likeness (QED) is 0.0159. The SMILES string of the molecule is CC(C)(C)OC(=O)NCC(=O)O.CN(C(=O)CCc1cccc(F)c1Cl)[C@@H](CCCN)COC(=O)Nc1cc2cc(F)ccc2cn1.CN(C(=O)CCc1cccc(F)c1Cl)[C@@H](CCCNC(=O)CNC(=O)OC(C)(C)C)COC(=O)Nc1cc2cc(F)ccc2cn1.S.S. The van der Waals surface area contributed by atoms with E-state index in [4.69, 9.17) is 53.0 Å². The van der Waals surface area contributed by atoms with Gasteiger partial charge in [-0.15, -0.1) is 0 Å². The van der Waals surface area contributed by atoms with Crippen molar-refractivity contribution < 1.29 is 80.0 Å². The van der Waals surface area contributed by atoms with Gasteiger partial charge in [-0.1, -0.05) is 47.5 Å². The van der Waals surface area contributed by atoms with E-state index in [1.807, 2.05) is 0 Å². The van der Waals surface area contributed by atoms with Crippen LogP contribution in [0.2, 0.25) is 10.0 Å². The number of nitrogens with one attached hydrogen (secondary N) is 5. The fourth-order valence-electron chi connectivity index (χ4n) is 8.40. The normalized spacial score (nSPS) is 11.4. The number of amides is 7. The van der Waals surface area contributed by atoms with Gasteiger partial charge in [-0.05, 0) is 169 Å². The molecule has 23 nitrogen and oxygen atoms in total. The van der Waals surface area contributed by atoms with Crippen LogP contribution < -0.4 is 32.3 Å². The van der Waals surface area contributed by atoms with E-state index in [0.29, 0.717) is 59.5 Å². The maximum absolute atomic E-state index is 13.8. The number of ether oxygens (including phenoxy) is 4. The van der Waals surface area contributed by atoms with E-state index < -0.39 is 89.3 Å². The highest BCUT2D eigenvalue weighted by Gasteiger charge is 2.25. The number of carboxylic acids is 1. The zero-order valence-electron chi connectivity index (χ0n) is 53.8. The highest BCUT2D eigenvalue weighted by molar-refractivity contribution is 7.59. The number of pyridine rings is 2. The topological polar surface area (TPSA) is 312 Å². The summed E-state index contributed by atoms with van der Waals surface area (Å²) in [6.45, 7) is 9.91. The molecule has 6 rings (SSSR count). The van der Waals surface area contributed by atoms with Crippen molar-refractivity contribution in [2.24, 2.45) is 5.73 Å². The number of fused-ring (bicyclic) bond motifs is 2. The second-order valence-electron chi connectivity index (χ2n) is 22.8. The molecule has 7 amide bonds. The number of hydrogen-bond acceptors (Lipinski definition) is 15. The molecule has 0 radical (unpaired) electrons. The van der Waals surface area contributed by atoms with Gasteiger partial charge >= 0.3 is 30.3 Å². The molecule has 0 spiro atoms. The smallest absolute Gasteiger partial charge is 0.412 e. The van der Waals surface area contributed by atoms with Crippen LogP contribution in [0.15, 0.2) is 97.3 Å². The fourth-order valence-corrected chi connectivity index (χ4v) is 8.84. The third-order valence-electron chi connectivity index (χ3n) is 13.2. The first-order chi connectivity index (χ1) is 43.8. The number of carbonyl (C=O) groups excluding carboxylic acids is 7. The summed E-state index contributed by atoms with van der Waals surface area (Å²) in [7, 11) is 3.18. The summed E-state index contributed by atoms with van der Waals surface area (Å²) in [6, 6.07) is 19.4. The van der Waals surface area contributed by atoms with Crippen LogP contribution in [0.4, 0.5) is 48.4 Å². The summed E-state index contributed by atoms with van der Waals surface area (Å²) in [5.41, 5.74) is 5.36. The molecular weight excluding hydrogens is 1330 g/mol. The number of carboxylic acid groups (broad SMARTS) is 1. The maximum Gasteiger partial charge on any atom is 0.412 e. The van der Waals surface area contributed by atoms with Gasteiger partial charge in [-0.3, -0.25) is 29.8 Å². The van der Waals surface area contributed by atoms with Crippen LogP contribution in [0.3, 0.4) is 0 Å². The Hall–Kier alpha value is -8.38. The molecular formula is C64H82Cl2F4N10O13S2. The first kappa shape index (κ1) is 82.7. The number of nitrogens with zero attached hydrogens (tertiary/aromatic N) is 4. The summed E-state index contributed by atoms with van der Waals surface area (Å²) in [6.07, 6.45) is 2.49. The van der Waals surface area contributed by atoms with Crippen molar-refractivity contribution in [3.8, 4) is 0 Å². The number of likely N-dealkylation sites (N-methyl/N-ethyl adjacent to an activating group) is 2. The van der Waals surface area contributed by atoms with E-state index in [2.05, 4.69) is 36.6 Å². The molecule has 0 fully saturated rings. The molecule has 31 heteroatoms. The van der Waals surface area contributed by atoms with Crippen molar-refractivity contribution >= 4 is 131 Å². The molecule has 0 saturated heterocycles. The Kier molecular flexibility index (Phi) is 35.5. The molecule has 2 aromatic heterocycles. The van der Waals surface area contributed by atoms with E-state index >= 15 is 0 Å². The Morgan fingerprint density at radius 1 is 0.568 bits per heavy atom. The molecule has 95 heavy (non-hydrogen) atoms. The third kappa shape index (κ3) is 31.2. The minimum Gasteiger partial charge on any atom is -0.480 e. The molecule has 520 valence electrons. The summed E-state index contributed by atoms with van der Waals surface area (Å²) < 4.78 is 75.2. The van der Waals surface area contributed by atoms with Crippen LogP contribution in [0.5, 0.6) is 0 Å². The number of alkyl carbamates (subject to hydrolysis) is 2. The van der Waals surface area contributed by atoms with E-state index in [9.17, 15) is 55.9 Å². The average molecular weight is 1410 g/mol. The van der Waals surface area contributed by atoms with Gasteiger partial charge in [0.25, 0.3) is 0 Å². The number of aryl methyl sites for hydroxylation is 2. The maximum atomic E-state index is 13.8. The van der Waals surface area contributed by atoms with E-state index in [-0.39, 0.29) is 112 Å². The van der Waals surface area contributed by atoms with Crippen molar-refractivity contribution in [1.82, 2.24) is 35.7 Å². The number of hydrogen-bond donors (Lipinski definition) is 7. The number of anilines is 2. The largest absolute Gasteiger partial charge is 0.480 e. The Balaban J connectivity index is 0.000000553. The number of benzene rings is 4. The van der Waals surface area contributed by atoms with Crippen molar-refractivity contribution in [3.63, 3.8) is 0 Å². The van der Waals surface area contributed by atoms with Crippen LogP contribution in [-0.2, 0) is 51.0 Å². The van der Waals surface area contributed by atoms with Gasteiger partial charge in [-0.25, -0.2) is 46.7 Å². The van der Waals surface area contributed by atoms with Gasteiger partial charge in [0.05, 0.1) is 28.7 Å². The molecule has 2 atom stereocenters. The zero-order chi connectivity index (χ0) is 69.0. The minimum absolute atomic E-state index is 0. The molecule has 0 bridgehead atoms. The van der Waals surface area contributed by atoms with Crippen LogP contribution in [-0.4, -0.2) is 150 Å². The van der Waals surface area contributed by atoms with E-state index in [0.717, 1.165) is 5.39 Å². The second-order valence-corrected chi connectivity index (χ2v) is 23.6. The molecule has 2 heterocycles. The van der Waals surface area contributed by atoms with Crippen molar-refractivity contribution in [1.29, 1.82) is 0 Å². The summed E-state index contributed by atoms with van der Waals surface area (Å²) in [5.74, 6) is -3.60. The first-order valence-electron chi connectivity index (χ1n) is 29.3. The predicted molar refractivity (Wildman–Crippen MR) is 363 cm³/mol. The monoisotopic (exact) mass is 1410 g/mol. The lowest BCUT2D eigenvalue weighted by Gasteiger charge is -2.28. The van der Waals surface area contributed by atoms with Gasteiger partial charge in [0.1, 0.15) is 65.9 Å². The molecule has 0 saturated carbocycles. The van der Waals surface area contributed by atoms with Gasteiger partial charge < -0.3 is 55.5 Å². The number of nitrogens with two attached hydrogens (primary N) is 1. The van der Waals surface area contributed by atoms with Crippen LogP contribution >= 0.6 is 50.2 Å². The van der Waals surface area contributed by atoms with E-state index in [1.54, 1.807) is 92.0 Å². The summed E-state index contributed by atoms with van der Waals surface area (Å²) >= 11 is 12.0. The number of aliphatic carboxylic acids is 1. The van der Waals surface area contributed by atoms with Crippen molar-refractivity contribution in [2.45, 2.75) is 116 Å². The highest BCUT2D eigenvalue weighted by Crippen LogP contribution is 2.25. The Bertz CT molecular complexity index is 3560. The number of carbonyl (C=O) groups is 8. The molecule has 6 aromatic rings. The molecule has 0 aliphatic carbocycles. The van der Waals surface area contributed by atoms with Crippen LogP contribution in [0.25, 0.3) is 21.5 Å². The Labute approximate surface area is 572 Å². The van der Waals surface area contributed by atoms with E-state index in [1.165, 1.54) is 70.7 Å².